The number of carbonyl (C=O) groups is 4. The average Bonchev–Trinajstić information content (AvgIpc) is 3.52. The molecule has 4 aromatic rings. The van der Waals surface area contributed by atoms with E-state index in [9.17, 15) is 19.2 Å². The second-order valence-electron chi connectivity index (χ2n) is 11.2. The number of anilines is 1. The molecular weight excluding hydrogens is 556 g/mol. The van der Waals surface area contributed by atoms with Gasteiger partial charge in [0.25, 0.3) is 0 Å². The molecule has 0 aromatic heterocycles. The molecule has 0 radical (unpaired) electrons. The lowest BCUT2D eigenvalue weighted by Gasteiger charge is -2.38. The first kappa shape index (κ1) is 27.3. The third-order valence-electron chi connectivity index (χ3n) is 8.88. The van der Waals surface area contributed by atoms with Crippen LogP contribution in [0.5, 0.6) is 11.5 Å². The molecule has 7 rings (SSSR count). The van der Waals surface area contributed by atoms with Crippen LogP contribution >= 0.6 is 0 Å². The smallest absolute Gasteiger partial charge is 0.308 e. The van der Waals surface area contributed by atoms with Crippen LogP contribution in [0.4, 0.5) is 5.69 Å². The predicted octanol–water partition coefficient (Wildman–Crippen LogP) is 5.60. The van der Waals surface area contributed by atoms with Crippen LogP contribution in [0.1, 0.15) is 50.4 Å². The van der Waals surface area contributed by atoms with E-state index in [4.69, 9.17) is 9.47 Å². The number of benzene rings is 4. The molecule has 0 saturated carbocycles. The fraction of sp³-hybridized carbons (Fsp3) is 0.167. The zero-order valence-corrected chi connectivity index (χ0v) is 24.0. The van der Waals surface area contributed by atoms with Gasteiger partial charge in [0.05, 0.1) is 19.1 Å². The minimum Gasteiger partial charge on any atom is -0.497 e. The summed E-state index contributed by atoms with van der Waals surface area (Å²) in [6, 6.07) is 26.5. The zero-order valence-electron chi connectivity index (χ0n) is 24.0. The van der Waals surface area contributed by atoms with E-state index in [-0.39, 0.29) is 17.5 Å². The molecule has 3 aliphatic heterocycles. The minimum absolute atomic E-state index is 0.301. The molecule has 4 aromatic carbocycles. The van der Waals surface area contributed by atoms with Gasteiger partial charge in [-0.15, -0.1) is 0 Å². The highest BCUT2D eigenvalue weighted by atomic mass is 16.5. The molecule has 4 atom stereocenters. The summed E-state index contributed by atoms with van der Waals surface area (Å²) in [6.45, 7) is 1.30. The first-order valence-corrected chi connectivity index (χ1v) is 14.3. The van der Waals surface area contributed by atoms with Crippen LogP contribution in [-0.2, 0) is 15.0 Å². The van der Waals surface area contributed by atoms with Gasteiger partial charge in [-0.3, -0.25) is 19.2 Å². The van der Waals surface area contributed by atoms with Gasteiger partial charge in [-0.25, -0.2) is 0 Å². The van der Waals surface area contributed by atoms with E-state index in [2.05, 4.69) is 5.32 Å². The maximum Gasteiger partial charge on any atom is 0.308 e. The van der Waals surface area contributed by atoms with E-state index in [0.717, 1.165) is 11.1 Å². The Morgan fingerprint density at radius 1 is 0.818 bits per heavy atom. The molecule has 3 heterocycles. The topological polar surface area (TPSA) is 102 Å². The number of nitrogens with one attached hydrogen (secondary N) is 1. The molecule has 1 spiro atoms. The van der Waals surface area contributed by atoms with E-state index < -0.39 is 29.4 Å². The number of hydrogen-bond donors (Lipinski definition) is 1. The standard InChI is InChI=1S/C36H28N2O6/c1-21(39)44-25-16-14-23(15-17-25)33(41)31-30(32(40)24-9-7-10-26(20-24)43-2)36(28-12-5-6-13-29(28)37-35(36)42)34-27-11-4-3-8-22(27)18-19-38(31)34/h3-20,30-31,34H,1-2H3,(H,37,42)/t30-,31+,34-,36-/m0/s1. The van der Waals surface area contributed by atoms with Crippen molar-refractivity contribution in [1.29, 1.82) is 0 Å². The average molecular weight is 585 g/mol. The van der Waals surface area contributed by atoms with Crippen molar-refractivity contribution in [2.45, 2.75) is 24.4 Å². The number of methoxy groups -OCH3 is 1. The summed E-state index contributed by atoms with van der Waals surface area (Å²) >= 11 is 0. The second kappa shape index (κ2) is 10.3. The maximum atomic E-state index is 14.9. The van der Waals surface area contributed by atoms with Crippen LogP contribution < -0.4 is 14.8 Å². The number of para-hydroxylation sites is 1. The van der Waals surface area contributed by atoms with E-state index in [0.29, 0.717) is 33.9 Å². The van der Waals surface area contributed by atoms with Crippen molar-refractivity contribution in [2.24, 2.45) is 5.92 Å². The summed E-state index contributed by atoms with van der Waals surface area (Å²) in [5.41, 5.74) is 2.28. The van der Waals surface area contributed by atoms with Crippen LogP contribution in [0.15, 0.2) is 103 Å². The first-order valence-electron chi connectivity index (χ1n) is 14.3. The van der Waals surface area contributed by atoms with Crippen LogP contribution in [-0.4, -0.2) is 41.5 Å². The van der Waals surface area contributed by atoms with Gasteiger partial charge in [-0.2, -0.15) is 0 Å². The number of rotatable bonds is 6. The predicted molar refractivity (Wildman–Crippen MR) is 163 cm³/mol. The minimum atomic E-state index is -1.43. The number of ether oxygens (including phenoxy) is 2. The number of amides is 1. The number of Topliss-reactive ketones (excluding diaryl/α,β-unsaturated/α-hetero) is 2. The first-order chi connectivity index (χ1) is 21.3. The Bertz CT molecular complexity index is 1880. The molecule has 8 heteroatoms. The van der Waals surface area contributed by atoms with Gasteiger partial charge in [0.1, 0.15) is 23.0 Å². The highest BCUT2D eigenvalue weighted by Crippen LogP contribution is 2.62. The number of fused-ring (bicyclic) bond motifs is 6. The van der Waals surface area contributed by atoms with Gasteiger partial charge in [0.2, 0.25) is 5.91 Å². The number of esters is 1. The summed E-state index contributed by atoms with van der Waals surface area (Å²) in [7, 11) is 1.52. The van der Waals surface area contributed by atoms with Gasteiger partial charge in [-0.1, -0.05) is 54.6 Å². The maximum absolute atomic E-state index is 14.9. The lowest BCUT2D eigenvalue weighted by atomic mass is 9.62. The summed E-state index contributed by atoms with van der Waals surface area (Å²) in [4.78, 5) is 57.5. The van der Waals surface area contributed by atoms with Crippen LogP contribution in [0, 0.1) is 5.92 Å². The highest BCUT2D eigenvalue weighted by molar-refractivity contribution is 6.16. The fourth-order valence-corrected chi connectivity index (χ4v) is 7.15. The van der Waals surface area contributed by atoms with Gasteiger partial charge in [0, 0.05) is 29.9 Å². The van der Waals surface area contributed by atoms with Gasteiger partial charge >= 0.3 is 5.97 Å². The van der Waals surface area contributed by atoms with E-state index in [1.165, 1.54) is 14.0 Å². The largest absolute Gasteiger partial charge is 0.497 e. The Morgan fingerprint density at radius 3 is 2.34 bits per heavy atom. The summed E-state index contributed by atoms with van der Waals surface area (Å²) in [6.07, 6.45) is 3.75. The number of carbonyl (C=O) groups excluding carboxylic acids is 4. The van der Waals surface area contributed by atoms with Crippen molar-refractivity contribution in [1.82, 2.24) is 4.90 Å². The quantitative estimate of drug-likeness (QED) is 0.179. The molecule has 0 aliphatic carbocycles. The molecular formula is C36H28N2O6. The molecule has 44 heavy (non-hydrogen) atoms. The summed E-state index contributed by atoms with van der Waals surface area (Å²) in [5, 5.41) is 3.05. The molecule has 218 valence electrons. The molecule has 0 bridgehead atoms. The molecule has 1 fully saturated rings. The van der Waals surface area contributed by atoms with E-state index >= 15 is 0 Å². The Morgan fingerprint density at radius 2 is 1.57 bits per heavy atom. The Balaban J connectivity index is 1.48. The third-order valence-corrected chi connectivity index (χ3v) is 8.88. The third kappa shape index (κ3) is 3.98. The van der Waals surface area contributed by atoms with Gasteiger partial charge in [-0.05, 0) is 65.2 Å². The lowest BCUT2D eigenvalue weighted by molar-refractivity contribution is -0.131. The number of nitrogens with zero attached hydrogens (tertiary/aromatic N) is 1. The number of ketones is 2. The second-order valence-corrected chi connectivity index (χ2v) is 11.2. The molecule has 0 unspecified atom stereocenters. The normalized spacial score (nSPS) is 22.5. The van der Waals surface area contributed by atoms with Crippen molar-refractivity contribution in [3.8, 4) is 11.5 Å². The monoisotopic (exact) mass is 584 g/mol. The van der Waals surface area contributed by atoms with Gasteiger partial charge < -0.3 is 19.7 Å². The van der Waals surface area contributed by atoms with Crippen LogP contribution in [0.2, 0.25) is 0 Å². The summed E-state index contributed by atoms with van der Waals surface area (Å²) in [5.74, 6) is -1.80. The van der Waals surface area contributed by atoms with Crippen molar-refractivity contribution in [3.63, 3.8) is 0 Å². The molecule has 3 aliphatic rings. The van der Waals surface area contributed by atoms with Crippen LogP contribution in [0.3, 0.4) is 0 Å². The SMILES string of the molecule is COc1cccc(C(=O)[C@@H]2[C@H](C(=O)c3ccc(OC(C)=O)cc3)N3C=Cc4ccccc4[C@H]3[C@@]23C(=O)Nc2ccccc23)c1. The van der Waals surface area contributed by atoms with Crippen LogP contribution in [0.25, 0.3) is 6.08 Å². The van der Waals surface area contributed by atoms with Crippen molar-refractivity contribution in [2.75, 3.05) is 12.4 Å². The van der Waals surface area contributed by atoms with Crippen molar-refractivity contribution in [3.05, 3.63) is 131 Å². The van der Waals surface area contributed by atoms with E-state index in [1.807, 2.05) is 65.7 Å². The number of hydrogen-bond acceptors (Lipinski definition) is 7. The molecule has 8 nitrogen and oxygen atoms in total. The molecule has 1 N–H and O–H groups in total. The van der Waals surface area contributed by atoms with Gasteiger partial charge in [0.15, 0.2) is 11.6 Å². The lowest BCUT2D eigenvalue weighted by Crippen LogP contribution is -2.49. The Hall–Kier alpha value is -5.50. The van der Waals surface area contributed by atoms with E-state index in [1.54, 1.807) is 48.5 Å². The van der Waals surface area contributed by atoms with Crippen molar-refractivity contribution >= 4 is 35.2 Å². The fourth-order valence-electron chi connectivity index (χ4n) is 7.15. The molecule has 1 amide bonds. The molecule has 1 saturated heterocycles. The Labute approximate surface area is 253 Å². The van der Waals surface area contributed by atoms with Crippen molar-refractivity contribution < 1.29 is 28.7 Å². The summed E-state index contributed by atoms with van der Waals surface area (Å²) < 4.78 is 10.6. The zero-order chi connectivity index (χ0) is 30.6. The highest BCUT2D eigenvalue weighted by Gasteiger charge is 2.70. The Kier molecular flexibility index (Phi) is 6.43.